The van der Waals surface area contributed by atoms with Gasteiger partial charge in [0, 0.05) is 45.7 Å². The first-order chi connectivity index (χ1) is 12.6. The molecule has 2 saturated heterocycles. The number of benzene rings is 1. The van der Waals surface area contributed by atoms with Gasteiger partial charge in [-0.2, -0.15) is 0 Å². The summed E-state index contributed by atoms with van der Waals surface area (Å²) in [5, 5.41) is 12.3. The van der Waals surface area contributed by atoms with Gasteiger partial charge in [-0.15, -0.1) is 0 Å². The van der Waals surface area contributed by atoms with Gasteiger partial charge in [-0.3, -0.25) is 9.69 Å². The van der Waals surface area contributed by atoms with Crippen molar-refractivity contribution >= 4 is 11.9 Å². The van der Waals surface area contributed by atoms with Crippen molar-refractivity contribution in [1.82, 2.24) is 10.2 Å². The third-order valence-electron chi connectivity index (χ3n) is 5.02. The van der Waals surface area contributed by atoms with E-state index in [0.29, 0.717) is 39.2 Å². The van der Waals surface area contributed by atoms with E-state index >= 15 is 0 Å². The molecule has 1 unspecified atom stereocenters. The molecule has 1 atom stereocenters. The number of carbonyl (C=O) groups is 2. The van der Waals surface area contributed by atoms with Crippen LogP contribution in [-0.4, -0.2) is 66.4 Å². The summed E-state index contributed by atoms with van der Waals surface area (Å²) in [6, 6.07) is 10.2. The van der Waals surface area contributed by atoms with E-state index in [1.54, 1.807) is 0 Å². The van der Waals surface area contributed by atoms with Crippen LogP contribution < -0.4 is 5.32 Å². The van der Waals surface area contributed by atoms with Crippen molar-refractivity contribution < 1.29 is 24.2 Å². The van der Waals surface area contributed by atoms with E-state index in [2.05, 4.69) is 22.3 Å². The maximum atomic E-state index is 12.4. The normalized spacial score (nSPS) is 23.3. The molecule has 2 heterocycles. The number of nitrogens with zero attached hydrogens (tertiary/aromatic N) is 1. The van der Waals surface area contributed by atoms with Gasteiger partial charge in [0.15, 0.2) is 0 Å². The number of morpholine rings is 1. The summed E-state index contributed by atoms with van der Waals surface area (Å²) >= 11 is 0. The van der Waals surface area contributed by atoms with Crippen LogP contribution >= 0.6 is 0 Å². The minimum absolute atomic E-state index is 0.168. The van der Waals surface area contributed by atoms with Crippen LogP contribution in [0.3, 0.4) is 0 Å². The molecule has 1 aromatic carbocycles. The zero-order valence-corrected chi connectivity index (χ0v) is 14.9. The van der Waals surface area contributed by atoms with E-state index in [4.69, 9.17) is 9.47 Å². The zero-order valence-electron chi connectivity index (χ0n) is 14.9. The Morgan fingerprint density at radius 1 is 1.19 bits per heavy atom. The van der Waals surface area contributed by atoms with Crippen molar-refractivity contribution in [2.75, 3.05) is 32.9 Å². The summed E-state index contributed by atoms with van der Waals surface area (Å²) in [7, 11) is 0. The van der Waals surface area contributed by atoms with Gasteiger partial charge in [-0.05, 0) is 5.56 Å². The van der Waals surface area contributed by atoms with E-state index in [-0.39, 0.29) is 18.4 Å². The van der Waals surface area contributed by atoms with Gasteiger partial charge in [0.1, 0.15) is 5.54 Å². The molecule has 26 heavy (non-hydrogen) atoms. The average molecular weight is 362 g/mol. The van der Waals surface area contributed by atoms with Crippen molar-refractivity contribution in [3.63, 3.8) is 0 Å². The number of carboxylic acid groups (broad SMARTS) is 1. The fraction of sp³-hybridized carbons (Fsp3) is 0.579. The van der Waals surface area contributed by atoms with Crippen molar-refractivity contribution in [3.05, 3.63) is 35.9 Å². The molecular formula is C19H26N2O5. The van der Waals surface area contributed by atoms with E-state index in [9.17, 15) is 14.7 Å². The molecule has 1 aromatic rings. The van der Waals surface area contributed by atoms with Crippen LogP contribution in [0.5, 0.6) is 0 Å². The Kier molecular flexibility index (Phi) is 6.24. The second-order valence-corrected chi connectivity index (χ2v) is 6.97. The largest absolute Gasteiger partial charge is 0.480 e. The third-order valence-corrected chi connectivity index (χ3v) is 5.02. The van der Waals surface area contributed by atoms with Gasteiger partial charge >= 0.3 is 5.97 Å². The van der Waals surface area contributed by atoms with E-state index in [1.807, 2.05) is 18.2 Å². The van der Waals surface area contributed by atoms with Gasteiger partial charge in [-0.25, -0.2) is 4.79 Å². The van der Waals surface area contributed by atoms with Crippen LogP contribution in [-0.2, 0) is 25.6 Å². The fourth-order valence-corrected chi connectivity index (χ4v) is 3.53. The van der Waals surface area contributed by atoms with Crippen LogP contribution in [0.15, 0.2) is 30.3 Å². The number of rotatable bonds is 6. The average Bonchev–Trinajstić information content (AvgIpc) is 2.63. The lowest BCUT2D eigenvalue weighted by molar-refractivity contribution is -0.152. The summed E-state index contributed by atoms with van der Waals surface area (Å²) < 4.78 is 11.0. The van der Waals surface area contributed by atoms with Crippen molar-refractivity contribution in [1.29, 1.82) is 0 Å². The smallest absolute Gasteiger partial charge is 0.329 e. The number of amides is 1. The highest BCUT2D eigenvalue weighted by Gasteiger charge is 2.42. The predicted octanol–water partition coefficient (Wildman–Crippen LogP) is 1.03. The summed E-state index contributed by atoms with van der Waals surface area (Å²) in [6.07, 6.45) is 0.527. The lowest BCUT2D eigenvalue weighted by Gasteiger charge is -2.36. The highest BCUT2D eigenvalue weighted by molar-refractivity contribution is 5.87. The highest BCUT2D eigenvalue weighted by atomic mass is 16.5. The Morgan fingerprint density at radius 3 is 2.62 bits per heavy atom. The van der Waals surface area contributed by atoms with Crippen LogP contribution in [0.2, 0.25) is 0 Å². The Bertz CT molecular complexity index is 616. The quantitative estimate of drug-likeness (QED) is 0.786. The maximum Gasteiger partial charge on any atom is 0.329 e. The van der Waals surface area contributed by atoms with Crippen LogP contribution in [0, 0.1) is 0 Å². The van der Waals surface area contributed by atoms with E-state index in [0.717, 1.165) is 13.1 Å². The molecule has 0 bridgehead atoms. The Morgan fingerprint density at radius 2 is 1.92 bits per heavy atom. The molecule has 0 aromatic heterocycles. The molecular weight excluding hydrogens is 336 g/mol. The summed E-state index contributed by atoms with van der Waals surface area (Å²) in [6.45, 7) is 3.56. The zero-order chi connectivity index (χ0) is 18.4. The standard InChI is InChI=1S/C19H26N2O5/c22-17(20-19(18(23)24)6-9-25-10-7-19)12-16-14-21(8-11-26-16)13-15-4-2-1-3-5-15/h1-5,16H,6-14H2,(H,20,22)(H,23,24). The number of hydrogen-bond donors (Lipinski definition) is 2. The second kappa shape index (κ2) is 8.62. The topological polar surface area (TPSA) is 88.1 Å². The first-order valence-corrected chi connectivity index (χ1v) is 9.07. The van der Waals surface area contributed by atoms with Gasteiger partial charge in [0.05, 0.1) is 19.1 Å². The summed E-state index contributed by atoms with van der Waals surface area (Å²) in [5.74, 6) is -1.27. The minimum Gasteiger partial charge on any atom is -0.480 e. The Balaban J connectivity index is 1.52. The monoisotopic (exact) mass is 362 g/mol. The number of carbonyl (C=O) groups excluding carboxylic acids is 1. The molecule has 1 amide bonds. The molecule has 7 nitrogen and oxygen atoms in total. The lowest BCUT2D eigenvalue weighted by atomic mass is 9.90. The molecule has 0 spiro atoms. The molecule has 2 fully saturated rings. The molecule has 7 heteroatoms. The number of hydrogen-bond acceptors (Lipinski definition) is 5. The van der Waals surface area contributed by atoms with Crippen LogP contribution in [0.25, 0.3) is 0 Å². The second-order valence-electron chi connectivity index (χ2n) is 6.97. The van der Waals surface area contributed by atoms with Crippen molar-refractivity contribution in [2.45, 2.75) is 37.5 Å². The Hall–Kier alpha value is -1.96. The lowest BCUT2D eigenvalue weighted by Crippen LogP contribution is -2.58. The molecule has 0 aliphatic carbocycles. The highest BCUT2D eigenvalue weighted by Crippen LogP contribution is 2.22. The van der Waals surface area contributed by atoms with E-state index < -0.39 is 11.5 Å². The van der Waals surface area contributed by atoms with Crippen LogP contribution in [0.1, 0.15) is 24.8 Å². The molecule has 2 aliphatic heterocycles. The fourth-order valence-electron chi connectivity index (χ4n) is 3.53. The van der Waals surface area contributed by atoms with Gasteiger partial charge in [0.25, 0.3) is 0 Å². The SMILES string of the molecule is O=C(CC1CN(Cc2ccccc2)CCO1)NC1(C(=O)O)CCOCC1. The molecule has 0 radical (unpaired) electrons. The number of aliphatic carboxylic acids is 1. The molecule has 2 aliphatic rings. The Labute approximate surface area is 153 Å². The van der Waals surface area contributed by atoms with Gasteiger partial charge in [-0.1, -0.05) is 30.3 Å². The molecule has 142 valence electrons. The minimum atomic E-state index is -1.21. The van der Waals surface area contributed by atoms with Crippen molar-refractivity contribution in [2.24, 2.45) is 0 Å². The number of carboxylic acids is 1. The van der Waals surface area contributed by atoms with Gasteiger partial charge < -0.3 is 19.9 Å². The summed E-state index contributed by atoms with van der Waals surface area (Å²) in [5.41, 5.74) is 0.0120. The maximum absolute atomic E-state index is 12.4. The van der Waals surface area contributed by atoms with Crippen molar-refractivity contribution in [3.8, 4) is 0 Å². The first kappa shape index (κ1) is 18.8. The van der Waals surface area contributed by atoms with E-state index in [1.165, 1.54) is 5.56 Å². The summed E-state index contributed by atoms with van der Waals surface area (Å²) in [4.78, 5) is 26.4. The van der Waals surface area contributed by atoms with Gasteiger partial charge in [0.2, 0.25) is 5.91 Å². The molecule has 3 rings (SSSR count). The predicted molar refractivity (Wildman–Crippen MR) is 94.6 cm³/mol. The first-order valence-electron chi connectivity index (χ1n) is 9.07. The molecule has 2 N–H and O–H groups in total. The van der Waals surface area contributed by atoms with Crippen LogP contribution in [0.4, 0.5) is 0 Å². The number of nitrogens with one attached hydrogen (secondary N) is 1. The molecule has 0 saturated carbocycles. The number of ether oxygens (including phenoxy) is 2. The third kappa shape index (κ3) is 4.81.